The lowest BCUT2D eigenvalue weighted by atomic mass is 9.98. The fourth-order valence-electron chi connectivity index (χ4n) is 2.96. The van der Waals surface area contributed by atoms with Crippen molar-refractivity contribution in [3.63, 3.8) is 0 Å². The molecule has 21 heavy (non-hydrogen) atoms. The summed E-state index contributed by atoms with van der Waals surface area (Å²) >= 11 is 1.37. The van der Waals surface area contributed by atoms with Crippen LogP contribution in [0.5, 0.6) is 0 Å². The van der Waals surface area contributed by atoms with Gasteiger partial charge in [0.15, 0.2) is 0 Å². The summed E-state index contributed by atoms with van der Waals surface area (Å²) in [7, 11) is 0. The van der Waals surface area contributed by atoms with Gasteiger partial charge in [-0.15, -0.1) is 11.3 Å². The lowest BCUT2D eigenvalue weighted by Gasteiger charge is -2.29. The summed E-state index contributed by atoms with van der Waals surface area (Å²) in [6.07, 6.45) is 4.36. The molecule has 5 heteroatoms. The fourth-order valence-corrected chi connectivity index (χ4v) is 3.99. The second kappa shape index (κ2) is 7.36. The molecule has 1 aromatic heterocycles. The summed E-state index contributed by atoms with van der Waals surface area (Å²) in [5.41, 5.74) is 0.804. The summed E-state index contributed by atoms with van der Waals surface area (Å²) < 4.78 is 0. The molecule has 0 aliphatic carbocycles. The largest absolute Gasteiger partial charge is 0.477 e. The predicted molar refractivity (Wildman–Crippen MR) is 86.1 cm³/mol. The van der Waals surface area contributed by atoms with E-state index in [1.807, 2.05) is 0 Å². The van der Waals surface area contributed by atoms with E-state index in [-0.39, 0.29) is 5.92 Å². The molecular formula is C16H26N2O2S. The van der Waals surface area contributed by atoms with Gasteiger partial charge in [0.2, 0.25) is 0 Å². The maximum Gasteiger partial charge on any atom is 0.347 e. The number of carboxylic acid groups (broad SMARTS) is 1. The molecule has 4 nitrogen and oxygen atoms in total. The zero-order chi connectivity index (χ0) is 15.4. The Kier molecular flexibility index (Phi) is 5.76. The number of piperidine rings is 1. The molecule has 1 fully saturated rings. The third-order valence-electron chi connectivity index (χ3n) is 4.50. The number of hydrogen-bond donors (Lipinski definition) is 1. The number of carbonyl (C=O) groups is 1. The molecular weight excluding hydrogens is 284 g/mol. The van der Waals surface area contributed by atoms with Crippen LogP contribution in [0.25, 0.3) is 0 Å². The Labute approximate surface area is 131 Å². The average Bonchev–Trinajstić information content (AvgIpc) is 2.87. The Balaban J connectivity index is 2.13. The molecule has 1 N–H and O–H groups in total. The molecule has 1 saturated heterocycles. The van der Waals surface area contributed by atoms with Gasteiger partial charge in [0.25, 0.3) is 0 Å². The molecule has 0 spiro atoms. The van der Waals surface area contributed by atoms with Crippen LogP contribution in [0.2, 0.25) is 0 Å². The van der Waals surface area contributed by atoms with Crippen molar-refractivity contribution < 1.29 is 9.90 Å². The van der Waals surface area contributed by atoms with E-state index in [1.54, 1.807) is 0 Å². The first-order valence-corrected chi connectivity index (χ1v) is 8.82. The van der Waals surface area contributed by atoms with E-state index in [9.17, 15) is 9.90 Å². The normalized spacial score (nSPS) is 17.5. The molecule has 0 bridgehead atoms. The third kappa shape index (κ3) is 4.04. The quantitative estimate of drug-likeness (QED) is 0.863. The first-order valence-electron chi connectivity index (χ1n) is 8.00. The van der Waals surface area contributed by atoms with Crippen LogP contribution in [0.3, 0.4) is 0 Å². The third-order valence-corrected chi connectivity index (χ3v) is 5.54. The van der Waals surface area contributed by atoms with Crippen molar-refractivity contribution in [1.29, 1.82) is 0 Å². The first kappa shape index (κ1) is 16.4. The van der Waals surface area contributed by atoms with Crippen LogP contribution in [-0.2, 0) is 6.54 Å². The highest BCUT2D eigenvalue weighted by atomic mass is 32.1. The molecule has 1 aliphatic heterocycles. The Morgan fingerprint density at radius 3 is 2.52 bits per heavy atom. The van der Waals surface area contributed by atoms with Gasteiger partial charge in [-0.1, -0.05) is 20.8 Å². The van der Waals surface area contributed by atoms with Crippen molar-refractivity contribution in [3.05, 3.63) is 15.6 Å². The van der Waals surface area contributed by atoms with E-state index in [1.165, 1.54) is 24.2 Å². The summed E-state index contributed by atoms with van der Waals surface area (Å²) in [5.74, 6) is 0.252. The standard InChI is InChI=1S/C16H26N2O2S/c1-4-12(5-2)14-15(16(19)20)21-13(17-14)10-18-8-6-11(3)7-9-18/h11-12H,4-10H2,1-3H3,(H,19,20). The maximum atomic E-state index is 11.5. The van der Waals surface area contributed by atoms with Crippen molar-refractivity contribution in [1.82, 2.24) is 9.88 Å². The van der Waals surface area contributed by atoms with Crippen LogP contribution in [0.1, 0.15) is 72.7 Å². The van der Waals surface area contributed by atoms with Crippen molar-refractivity contribution in [2.75, 3.05) is 13.1 Å². The van der Waals surface area contributed by atoms with Crippen LogP contribution < -0.4 is 0 Å². The highest BCUT2D eigenvalue weighted by Crippen LogP contribution is 2.31. The van der Waals surface area contributed by atoms with Crippen LogP contribution in [0.4, 0.5) is 0 Å². The van der Waals surface area contributed by atoms with Gasteiger partial charge in [0, 0.05) is 5.92 Å². The summed E-state index contributed by atoms with van der Waals surface area (Å²) in [6.45, 7) is 9.51. The van der Waals surface area contributed by atoms with E-state index in [0.717, 1.165) is 49.1 Å². The van der Waals surface area contributed by atoms with E-state index < -0.39 is 5.97 Å². The number of hydrogen-bond acceptors (Lipinski definition) is 4. The second-order valence-electron chi connectivity index (χ2n) is 6.10. The number of thiazole rings is 1. The molecule has 0 atom stereocenters. The number of likely N-dealkylation sites (tertiary alicyclic amines) is 1. The molecule has 0 aromatic carbocycles. The van der Waals surface area contributed by atoms with E-state index >= 15 is 0 Å². The smallest absolute Gasteiger partial charge is 0.347 e. The molecule has 2 rings (SSSR count). The minimum Gasteiger partial charge on any atom is -0.477 e. The van der Waals surface area contributed by atoms with Gasteiger partial charge < -0.3 is 5.11 Å². The van der Waals surface area contributed by atoms with Crippen molar-refractivity contribution >= 4 is 17.3 Å². The van der Waals surface area contributed by atoms with E-state index in [4.69, 9.17) is 0 Å². The van der Waals surface area contributed by atoms with Crippen LogP contribution in [0, 0.1) is 5.92 Å². The summed E-state index contributed by atoms with van der Waals surface area (Å²) in [4.78, 5) is 19.0. The Hall–Kier alpha value is -0.940. The molecule has 118 valence electrons. The summed E-state index contributed by atoms with van der Waals surface area (Å²) in [6, 6.07) is 0. The molecule has 0 unspecified atom stereocenters. The predicted octanol–water partition coefficient (Wildman–Crippen LogP) is 3.98. The molecule has 0 saturated carbocycles. The molecule has 0 amide bonds. The monoisotopic (exact) mass is 310 g/mol. The van der Waals surface area contributed by atoms with Gasteiger partial charge in [-0.3, -0.25) is 4.90 Å². The first-order chi connectivity index (χ1) is 10.0. The summed E-state index contributed by atoms with van der Waals surface area (Å²) in [5, 5.41) is 10.4. The van der Waals surface area contributed by atoms with Gasteiger partial charge >= 0.3 is 5.97 Å². The van der Waals surface area contributed by atoms with E-state index in [0.29, 0.717) is 4.88 Å². The fraction of sp³-hybridized carbons (Fsp3) is 0.750. The highest BCUT2D eigenvalue weighted by Gasteiger charge is 2.24. The van der Waals surface area contributed by atoms with Gasteiger partial charge in [0.05, 0.1) is 12.2 Å². The molecule has 1 aliphatic rings. The van der Waals surface area contributed by atoms with Gasteiger partial charge in [-0.2, -0.15) is 0 Å². The molecule has 0 radical (unpaired) electrons. The second-order valence-corrected chi connectivity index (χ2v) is 7.18. The Morgan fingerprint density at radius 1 is 1.38 bits per heavy atom. The van der Waals surface area contributed by atoms with Gasteiger partial charge in [-0.25, -0.2) is 9.78 Å². The Bertz CT molecular complexity index is 475. The van der Waals surface area contributed by atoms with Crippen molar-refractivity contribution in [2.24, 2.45) is 5.92 Å². The van der Waals surface area contributed by atoms with Crippen molar-refractivity contribution in [2.45, 2.75) is 58.9 Å². The SMILES string of the molecule is CCC(CC)c1nc(CN2CCC(C)CC2)sc1C(=O)O. The number of nitrogens with zero attached hydrogens (tertiary/aromatic N) is 2. The average molecular weight is 310 g/mol. The van der Waals surface area contributed by atoms with Crippen LogP contribution in [0.15, 0.2) is 0 Å². The number of rotatable bonds is 6. The molecule has 2 heterocycles. The number of carboxylic acids is 1. The minimum absolute atomic E-state index is 0.266. The topological polar surface area (TPSA) is 53.4 Å². The maximum absolute atomic E-state index is 11.5. The zero-order valence-corrected chi connectivity index (χ0v) is 14.1. The lowest BCUT2D eigenvalue weighted by molar-refractivity contribution is 0.0700. The van der Waals surface area contributed by atoms with Gasteiger partial charge in [0.1, 0.15) is 9.88 Å². The van der Waals surface area contributed by atoms with Gasteiger partial charge in [-0.05, 0) is 44.7 Å². The zero-order valence-electron chi connectivity index (χ0n) is 13.3. The number of aromatic nitrogens is 1. The van der Waals surface area contributed by atoms with E-state index in [2.05, 4.69) is 30.7 Å². The minimum atomic E-state index is -0.826. The van der Waals surface area contributed by atoms with Crippen molar-refractivity contribution in [3.8, 4) is 0 Å². The Morgan fingerprint density at radius 2 is 2.00 bits per heavy atom. The van der Waals surface area contributed by atoms with Crippen LogP contribution >= 0.6 is 11.3 Å². The highest BCUT2D eigenvalue weighted by molar-refractivity contribution is 7.13. The lowest BCUT2D eigenvalue weighted by Crippen LogP contribution is -2.32. The molecule has 1 aromatic rings. The van der Waals surface area contributed by atoms with Crippen LogP contribution in [-0.4, -0.2) is 34.0 Å². The number of aromatic carboxylic acids is 1.